The van der Waals surface area contributed by atoms with Crippen molar-refractivity contribution in [1.82, 2.24) is 4.90 Å². The molecule has 0 bridgehead atoms. The van der Waals surface area contributed by atoms with Crippen LogP contribution in [0.5, 0.6) is 0 Å². The second-order valence-electron chi connectivity index (χ2n) is 3.94. The molecule has 0 spiro atoms. The summed E-state index contributed by atoms with van der Waals surface area (Å²) in [6.07, 6.45) is 2.21. The highest BCUT2D eigenvalue weighted by atomic mass is 16.1. The Morgan fingerprint density at radius 2 is 2.33 bits per heavy atom. The van der Waals surface area contributed by atoms with Gasteiger partial charge in [0.15, 0.2) is 0 Å². The van der Waals surface area contributed by atoms with Gasteiger partial charge in [0.2, 0.25) is 0 Å². The zero-order chi connectivity index (χ0) is 9.14. The van der Waals surface area contributed by atoms with E-state index in [9.17, 15) is 4.79 Å². The van der Waals surface area contributed by atoms with Crippen LogP contribution >= 0.6 is 0 Å². The maximum Gasteiger partial charge on any atom is 0.133 e. The number of rotatable bonds is 3. The summed E-state index contributed by atoms with van der Waals surface area (Å²) in [4.78, 5) is 13.6. The molecule has 2 nitrogen and oxygen atoms in total. The number of Topliss-reactive ketones (excluding diaryl/α,β-unsaturated/α-hetero) is 1. The van der Waals surface area contributed by atoms with Crippen molar-refractivity contribution >= 4 is 5.78 Å². The first-order valence-corrected chi connectivity index (χ1v) is 4.84. The number of ketones is 1. The minimum absolute atomic E-state index is 0.315. The summed E-state index contributed by atoms with van der Waals surface area (Å²) in [6.45, 7) is 6.11. The molecule has 0 radical (unpaired) electrons. The van der Waals surface area contributed by atoms with Crippen LogP contribution in [0.25, 0.3) is 0 Å². The Hall–Kier alpha value is -0.370. The number of likely N-dealkylation sites (tertiary alicyclic amines) is 1. The molecule has 0 saturated carbocycles. The zero-order valence-electron chi connectivity index (χ0n) is 8.34. The van der Waals surface area contributed by atoms with Gasteiger partial charge in [-0.25, -0.2) is 0 Å². The van der Waals surface area contributed by atoms with Crippen molar-refractivity contribution in [3.8, 4) is 0 Å². The van der Waals surface area contributed by atoms with Gasteiger partial charge in [-0.15, -0.1) is 0 Å². The van der Waals surface area contributed by atoms with Crippen molar-refractivity contribution < 1.29 is 4.79 Å². The Kier molecular flexibility index (Phi) is 3.27. The highest BCUT2D eigenvalue weighted by Crippen LogP contribution is 2.26. The smallest absolute Gasteiger partial charge is 0.133 e. The van der Waals surface area contributed by atoms with Gasteiger partial charge in [0, 0.05) is 12.5 Å². The van der Waals surface area contributed by atoms with E-state index >= 15 is 0 Å². The first kappa shape index (κ1) is 9.72. The molecule has 2 heteroatoms. The predicted molar refractivity (Wildman–Crippen MR) is 50.1 cm³/mol. The van der Waals surface area contributed by atoms with E-state index in [2.05, 4.69) is 18.9 Å². The molecule has 1 aliphatic rings. The molecule has 0 amide bonds. The van der Waals surface area contributed by atoms with E-state index in [1.165, 1.54) is 6.42 Å². The molecule has 0 N–H and O–H groups in total. The van der Waals surface area contributed by atoms with Crippen molar-refractivity contribution in [2.75, 3.05) is 20.1 Å². The summed E-state index contributed by atoms with van der Waals surface area (Å²) < 4.78 is 0. The largest absolute Gasteiger partial charge is 0.306 e. The highest BCUT2D eigenvalue weighted by Gasteiger charge is 2.28. The van der Waals surface area contributed by atoms with Crippen LogP contribution in [0.3, 0.4) is 0 Å². The lowest BCUT2D eigenvalue weighted by molar-refractivity contribution is -0.122. The molecular formula is C10H19NO. The fourth-order valence-corrected chi connectivity index (χ4v) is 2.25. The van der Waals surface area contributed by atoms with Crippen molar-refractivity contribution in [2.24, 2.45) is 11.8 Å². The molecule has 2 unspecified atom stereocenters. The van der Waals surface area contributed by atoms with E-state index in [-0.39, 0.29) is 0 Å². The van der Waals surface area contributed by atoms with Crippen molar-refractivity contribution in [3.63, 3.8) is 0 Å². The second kappa shape index (κ2) is 4.04. The molecule has 12 heavy (non-hydrogen) atoms. The summed E-state index contributed by atoms with van der Waals surface area (Å²) in [6, 6.07) is 0. The molecular weight excluding hydrogens is 150 g/mol. The van der Waals surface area contributed by atoms with Gasteiger partial charge in [-0.1, -0.05) is 6.92 Å². The van der Waals surface area contributed by atoms with Gasteiger partial charge in [-0.3, -0.25) is 4.79 Å². The maximum atomic E-state index is 11.3. The lowest BCUT2D eigenvalue weighted by Crippen LogP contribution is -2.24. The lowest BCUT2D eigenvalue weighted by atomic mass is 9.86. The van der Waals surface area contributed by atoms with Crippen molar-refractivity contribution in [3.05, 3.63) is 0 Å². The standard InChI is InChI=1S/C10H19NO/c1-4-10(8(2)12)9-5-6-11(3)7-9/h9-10H,4-7H2,1-3H3. The van der Waals surface area contributed by atoms with Crippen molar-refractivity contribution in [1.29, 1.82) is 0 Å². The number of carbonyl (C=O) groups is 1. The molecule has 1 heterocycles. The second-order valence-corrected chi connectivity index (χ2v) is 3.94. The summed E-state index contributed by atoms with van der Waals surface area (Å²) in [7, 11) is 2.13. The van der Waals surface area contributed by atoms with E-state index in [1.54, 1.807) is 6.92 Å². The molecule has 70 valence electrons. The van der Waals surface area contributed by atoms with Gasteiger partial charge in [0.25, 0.3) is 0 Å². The summed E-state index contributed by atoms with van der Waals surface area (Å²) in [5.74, 6) is 1.31. The molecule has 0 aromatic heterocycles. The van der Waals surface area contributed by atoms with Crippen LogP contribution in [0, 0.1) is 11.8 Å². The molecule has 0 aromatic carbocycles. The first-order chi connectivity index (χ1) is 5.65. The Morgan fingerprint density at radius 1 is 1.67 bits per heavy atom. The quantitative estimate of drug-likeness (QED) is 0.639. The average molecular weight is 169 g/mol. The van der Waals surface area contributed by atoms with E-state index in [0.29, 0.717) is 17.6 Å². The van der Waals surface area contributed by atoms with Crippen LogP contribution in [-0.2, 0) is 4.79 Å². The van der Waals surface area contributed by atoms with Crippen molar-refractivity contribution in [2.45, 2.75) is 26.7 Å². The molecule has 1 fully saturated rings. The molecule has 1 saturated heterocycles. The zero-order valence-corrected chi connectivity index (χ0v) is 8.34. The topological polar surface area (TPSA) is 20.3 Å². The summed E-state index contributed by atoms with van der Waals surface area (Å²) in [5.41, 5.74) is 0. The van der Waals surface area contributed by atoms with Gasteiger partial charge in [0.1, 0.15) is 5.78 Å². The fourth-order valence-electron chi connectivity index (χ4n) is 2.25. The third-order valence-corrected chi connectivity index (χ3v) is 2.96. The first-order valence-electron chi connectivity index (χ1n) is 4.84. The van der Waals surface area contributed by atoms with Gasteiger partial charge in [-0.05, 0) is 39.3 Å². The summed E-state index contributed by atoms with van der Waals surface area (Å²) in [5, 5.41) is 0. The van der Waals surface area contributed by atoms with Crippen LogP contribution < -0.4 is 0 Å². The van der Waals surface area contributed by atoms with Gasteiger partial charge in [0.05, 0.1) is 0 Å². The molecule has 1 rings (SSSR count). The minimum atomic E-state index is 0.315. The lowest BCUT2D eigenvalue weighted by Gasteiger charge is -2.18. The van der Waals surface area contributed by atoms with Gasteiger partial charge in [-0.2, -0.15) is 0 Å². The van der Waals surface area contributed by atoms with Crippen LogP contribution in [0.2, 0.25) is 0 Å². The van der Waals surface area contributed by atoms with Crippen LogP contribution in [0.1, 0.15) is 26.7 Å². The normalized spacial score (nSPS) is 27.4. The van der Waals surface area contributed by atoms with Crippen LogP contribution in [0.15, 0.2) is 0 Å². The van der Waals surface area contributed by atoms with E-state index in [0.717, 1.165) is 19.5 Å². The molecule has 0 aromatic rings. The number of carbonyl (C=O) groups excluding carboxylic acids is 1. The van der Waals surface area contributed by atoms with E-state index in [1.807, 2.05) is 0 Å². The predicted octanol–water partition coefficient (Wildman–Crippen LogP) is 1.55. The minimum Gasteiger partial charge on any atom is -0.306 e. The SMILES string of the molecule is CCC(C(C)=O)C1CCN(C)C1. The van der Waals surface area contributed by atoms with E-state index in [4.69, 9.17) is 0 Å². The van der Waals surface area contributed by atoms with Gasteiger partial charge < -0.3 is 4.90 Å². The number of nitrogens with zero attached hydrogens (tertiary/aromatic N) is 1. The monoisotopic (exact) mass is 169 g/mol. The maximum absolute atomic E-state index is 11.3. The van der Waals surface area contributed by atoms with E-state index < -0.39 is 0 Å². The summed E-state index contributed by atoms with van der Waals surface area (Å²) >= 11 is 0. The third kappa shape index (κ3) is 2.07. The van der Waals surface area contributed by atoms with Gasteiger partial charge >= 0.3 is 0 Å². The Balaban J connectivity index is 2.49. The van der Waals surface area contributed by atoms with Crippen LogP contribution in [-0.4, -0.2) is 30.8 Å². The number of hydrogen-bond acceptors (Lipinski definition) is 2. The average Bonchev–Trinajstić information content (AvgIpc) is 2.37. The Labute approximate surface area is 74.9 Å². The third-order valence-electron chi connectivity index (χ3n) is 2.96. The fraction of sp³-hybridized carbons (Fsp3) is 0.900. The molecule has 1 aliphatic heterocycles. The molecule has 2 atom stereocenters. The number of hydrogen-bond donors (Lipinski definition) is 0. The Morgan fingerprint density at radius 3 is 2.67 bits per heavy atom. The Bertz CT molecular complexity index is 167. The van der Waals surface area contributed by atoms with Crippen LogP contribution in [0.4, 0.5) is 0 Å². The highest BCUT2D eigenvalue weighted by molar-refractivity contribution is 5.78. The molecule has 0 aliphatic carbocycles.